The molecular weight excluding hydrogens is 466 g/mol. The number of thioether (sulfide) groups is 1. The summed E-state index contributed by atoms with van der Waals surface area (Å²) in [6, 6.07) is 13.5. The largest absolute Gasteiger partial charge is 0.497 e. The van der Waals surface area contributed by atoms with Gasteiger partial charge in [0.25, 0.3) is 5.69 Å². The third kappa shape index (κ3) is 7.71. The van der Waals surface area contributed by atoms with Crippen molar-refractivity contribution in [3.8, 4) is 5.75 Å². The summed E-state index contributed by atoms with van der Waals surface area (Å²) in [6.45, 7) is 2.26. The molecule has 8 nitrogen and oxygen atoms in total. The average Bonchev–Trinajstić information content (AvgIpc) is 3.37. The van der Waals surface area contributed by atoms with Gasteiger partial charge in [-0.3, -0.25) is 19.7 Å². The normalized spacial score (nSPS) is 14.3. The van der Waals surface area contributed by atoms with Crippen LogP contribution < -0.4 is 10.1 Å². The number of carbonyl (C=O) groups is 2. The van der Waals surface area contributed by atoms with Crippen molar-refractivity contribution in [1.82, 2.24) is 10.2 Å². The quantitative estimate of drug-likeness (QED) is 0.335. The van der Waals surface area contributed by atoms with Crippen LogP contribution in [-0.4, -0.2) is 46.6 Å². The lowest BCUT2D eigenvalue weighted by Crippen LogP contribution is -2.51. The zero-order valence-electron chi connectivity index (χ0n) is 20.3. The number of amides is 2. The Morgan fingerprint density at radius 3 is 2.31 bits per heavy atom. The number of nitro groups is 1. The molecule has 1 N–H and O–H groups in total. The third-order valence-electron chi connectivity index (χ3n) is 6.24. The Kier molecular flexibility index (Phi) is 9.96. The Morgan fingerprint density at radius 2 is 1.74 bits per heavy atom. The molecule has 9 heteroatoms. The van der Waals surface area contributed by atoms with Gasteiger partial charge in [0, 0.05) is 30.5 Å². The second kappa shape index (κ2) is 13.1. The highest BCUT2D eigenvalue weighted by atomic mass is 32.2. The lowest BCUT2D eigenvalue weighted by Gasteiger charge is -2.31. The van der Waals surface area contributed by atoms with Gasteiger partial charge in [-0.2, -0.15) is 0 Å². The summed E-state index contributed by atoms with van der Waals surface area (Å²) in [5.74, 6) is 1.28. The van der Waals surface area contributed by atoms with Crippen LogP contribution in [0.3, 0.4) is 0 Å². The SMILES string of the molecule is CC[C@@H](C(=O)NC1CCCC1)N(Cc1ccc(OC)cc1)C(=O)CSCc1ccc([N+](=O)[O-])cc1. The summed E-state index contributed by atoms with van der Waals surface area (Å²) in [4.78, 5) is 38.6. The number of methoxy groups -OCH3 is 1. The van der Waals surface area contributed by atoms with Crippen LogP contribution in [0.1, 0.15) is 50.2 Å². The van der Waals surface area contributed by atoms with Crippen LogP contribution in [0, 0.1) is 10.1 Å². The lowest BCUT2D eigenvalue weighted by molar-refractivity contribution is -0.384. The van der Waals surface area contributed by atoms with E-state index in [-0.39, 0.29) is 29.3 Å². The van der Waals surface area contributed by atoms with Crippen molar-refractivity contribution in [2.24, 2.45) is 0 Å². The van der Waals surface area contributed by atoms with Crippen LogP contribution >= 0.6 is 11.8 Å². The molecule has 0 bridgehead atoms. The van der Waals surface area contributed by atoms with E-state index in [1.54, 1.807) is 24.1 Å². The Bertz CT molecular complexity index is 991. The molecule has 0 aromatic heterocycles. The van der Waals surface area contributed by atoms with Crippen LogP contribution in [0.4, 0.5) is 5.69 Å². The van der Waals surface area contributed by atoms with Gasteiger partial charge >= 0.3 is 0 Å². The summed E-state index contributed by atoms with van der Waals surface area (Å²) in [5.41, 5.74) is 1.87. The van der Waals surface area contributed by atoms with E-state index in [0.717, 1.165) is 42.6 Å². The Labute approximate surface area is 210 Å². The van der Waals surface area contributed by atoms with Crippen LogP contribution in [0.15, 0.2) is 48.5 Å². The molecule has 1 atom stereocenters. The van der Waals surface area contributed by atoms with Crippen LogP contribution in [-0.2, 0) is 21.9 Å². The third-order valence-corrected chi connectivity index (χ3v) is 7.23. The Morgan fingerprint density at radius 1 is 1.11 bits per heavy atom. The van der Waals surface area contributed by atoms with Crippen molar-refractivity contribution in [2.75, 3.05) is 12.9 Å². The number of non-ortho nitro benzene ring substituents is 1. The van der Waals surface area contributed by atoms with E-state index in [9.17, 15) is 19.7 Å². The van der Waals surface area contributed by atoms with Crippen molar-refractivity contribution in [3.05, 3.63) is 69.8 Å². The molecule has 0 heterocycles. The molecule has 0 unspecified atom stereocenters. The Hall–Kier alpha value is -3.07. The number of rotatable bonds is 12. The molecule has 188 valence electrons. The zero-order valence-corrected chi connectivity index (χ0v) is 21.1. The molecule has 1 aliphatic rings. The van der Waals surface area contributed by atoms with Gasteiger partial charge in [0.1, 0.15) is 11.8 Å². The first-order valence-electron chi connectivity index (χ1n) is 11.9. The minimum atomic E-state index is -0.551. The van der Waals surface area contributed by atoms with E-state index in [1.165, 1.54) is 23.9 Å². The van der Waals surface area contributed by atoms with Gasteiger partial charge in [0.2, 0.25) is 11.8 Å². The van der Waals surface area contributed by atoms with Gasteiger partial charge in [0.15, 0.2) is 0 Å². The number of carbonyl (C=O) groups excluding carboxylic acids is 2. The predicted octanol–water partition coefficient (Wildman–Crippen LogP) is 4.70. The van der Waals surface area contributed by atoms with Gasteiger partial charge in [-0.05, 0) is 42.5 Å². The molecule has 35 heavy (non-hydrogen) atoms. The fourth-order valence-electron chi connectivity index (χ4n) is 4.27. The second-order valence-electron chi connectivity index (χ2n) is 8.70. The summed E-state index contributed by atoms with van der Waals surface area (Å²) in [6.07, 6.45) is 4.73. The number of hydrogen-bond acceptors (Lipinski definition) is 6. The van der Waals surface area contributed by atoms with Crippen LogP contribution in [0.25, 0.3) is 0 Å². The monoisotopic (exact) mass is 499 g/mol. The van der Waals surface area contributed by atoms with Gasteiger partial charge in [-0.1, -0.05) is 44.0 Å². The molecule has 0 spiro atoms. The van der Waals surface area contributed by atoms with E-state index >= 15 is 0 Å². The fraction of sp³-hybridized carbons (Fsp3) is 0.462. The molecular formula is C26H33N3O5S. The van der Waals surface area contributed by atoms with E-state index < -0.39 is 11.0 Å². The summed E-state index contributed by atoms with van der Waals surface area (Å²) in [5, 5.41) is 14.0. The first-order chi connectivity index (χ1) is 16.9. The maximum atomic E-state index is 13.4. The molecule has 0 aliphatic heterocycles. The summed E-state index contributed by atoms with van der Waals surface area (Å²) < 4.78 is 5.23. The molecule has 2 aromatic carbocycles. The standard InChI is InChI=1S/C26H33N3O5S/c1-3-24(26(31)27-21-6-4-5-7-21)28(16-19-10-14-23(34-2)15-11-19)25(30)18-35-17-20-8-12-22(13-9-20)29(32)33/h8-15,21,24H,3-7,16-18H2,1-2H3,(H,27,31)/t24-/m0/s1. The van der Waals surface area contributed by atoms with Crippen molar-refractivity contribution in [2.45, 2.75) is 63.4 Å². The number of nitrogens with one attached hydrogen (secondary N) is 1. The number of benzene rings is 2. The van der Waals surface area contributed by atoms with E-state index in [1.807, 2.05) is 31.2 Å². The van der Waals surface area contributed by atoms with Crippen molar-refractivity contribution in [1.29, 1.82) is 0 Å². The van der Waals surface area contributed by atoms with Crippen molar-refractivity contribution < 1.29 is 19.2 Å². The highest BCUT2D eigenvalue weighted by molar-refractivity contribution is 7.99. The topological polar surface area (TPSA) is 102 Å². The van der Waals surface area contributed by atoms with Gasteiger partial charge < -0.3 is 15.0 Å². The molecule has 2 aromatic rings. The number of ether oxygens (including phenoxy) is 1. The van der Waals surface area contributed by atoms with Gasteiger partial charge in [-0.25, -0.2) is 0 Å². The first kappa shape index (κ1) is 26.5. The smallest absolute Gasteiger partial charge is 0.269 e. The second-order valence-corrected chi connectivity index (χ2v) is 9.69. The molecule has 3 rings (SSSR count). The molecule has 0 radical (unpaired) electrons. The first-order valence-corrected chi connectivity index (χ1v) is 13.1. The van der Waals surface area contributed by atoms with Crippen molar-refractivity contribution in [3.63, 3.8) is 0 Å². The highest BCUT2D eigenvalue weighted by Crippen LogP contribution is 2.22. The minimum absolute atomic E-state index is 0.0413. The number of nitrogens with zero attached hydrogens (tertiary/aromatic N) is 2. The van der Waals surface area contributed by atoms with Gasteiger partial charge in [-0.15, -0.1) is 11.8 Å². The van der Waals surface area contributed by atoms with E-state index in [4.69, 9.17) is 4.74 Å². The number of nitro benzene ring substituents is 1. The maximum Gasteiger partial charge on any atom is 0.269 e. The molecule has 1 aliphatic carbocycles. The van der Waals surface area contributed by atoms with Crippen LogP contribution in [0.5, 0.6) is 5.75 Å². The average molecular weight is 500 g/mol. The predicted molar refractivity (Wildman–Crippen MR) is 137 cm³/mol. The maximum absolute atomic E-state index is 13.4. The zero-order chi connectivity index (χ0) is 25.2. The summed E-state index contributed by atoms with van der Waals surface area (Å²) >= 11 is 1.43. The van der Waals surface area contributed by atoms with Crippen LogP contribution in [0.2, 0.25) is 0 Å². The van der Waals surface area contributed by atoms with Gasteiger partial charge in [0.05, 0.1) is 17.8 Å². The molecule has 1 fully saturated rings. The minimum Gasteiger partial charge on any atom is -0.497 e. The fourth-order valence-corrected chi connectivity index (χ4v) is 5.14. The summed E-state index contributed by atoms with van der Waals surface area (Å²) in [7, 11) is 1.60. The van der Waals surface area contributed by atoms with E-state index in [0.29, 0.717) is 18.7 Å². The molecule has 0 saturated heterocycles. The molecule has 1 saturated carbocycles. The van der Waals surface area contributed by atoms with Crippen molar-refractivity contribution >= 4 is 29.3 Å². The molecule has 2 amide bonds. The Balaban J connectivity index is 1.68. The lowest BCUT2D eigenvalue weighted by atomic mass is 10.1. The highest BCUT2D eigenvalue weighted by Gasteiger charge is 2.30. The van der Waals surface area contributed by atoms with E-state index in [2.05, 4.69) is 5.32 Å². The number of hydrogen-bond donors (Lipinski definition) is 1.